The number of para-hydroxylation sites is 1. The lowest BCUT2D eigenvalue weighted by molar-refractivity contribution is -0.122. The molecule has 6 nitrogen and oxygen atoms in total. The first-order valence-corrected chi connectivity index (χ1v) is 12.7. The average Bonchev–Trinajstić information content (AvgIpc) is 3.60. The molecular formula is C27H18ClN3O3S2. The maximum absolute atomic E-state index is 13.4. The fourth-order valence-corrected chi connectivity index (χ4v) is 5.41. The molecule has 4 aromatic rings. The van der Waals surface area contributed by atoms with Crippen LogP contribution >= 0.6 is 35.6 Å². The van der Waals surface area contributed by atoms with E-state index in [1.165, 1.54) is 11.8 Å². The second-order valence-corrected chi connectivity index (χ2v) is 10.3. The van der Waals surface area contributed by atoms with E-state index >= 15 is 0 Å². The molecule has 0 aliphatic carbocycles. The molecule has 2 aliphatic heterocycles. The van der Waals surface area contributed by atoms with Crippen molar-refractivity contribution in [3.63, 3.8) is 0 Å². The van der Waals surface area contributed by atoms with Crippen LogP contribution < -0.4 is 9.47 Å². The number of ether oxygens (including phenoxy) is 2. The number of benzene rings is 3. The van der Waals surface area contributed by atoms with Gasteiger partial charge in [-0.05, 0) is 48.0 Å². The van der Waals surface area contributed by atoms with E-state index in [0.29, 0.717) is 32.3 Å². The second-order valence-electron chi connectivity index (χ2n) is 8.18. The summed E-state index contributed by atoms with van der Waals surface area (Å²) in [5, 5.41) is 5.47. The molecular weight excluding hydrogens is 514 g/mol. The van der Waals surface area contributed by atoms with E-state index in [-0.39, 0.29) is 12.7 Å². The van der Waals surface area contributed by atoms with Crippen molar-refractivity contribution < 1.29 is 14.3 Å². The van der Waals surface area contributed by atoms with E-state index in [0.717, 1.165) is 28.1 Å². The van der Waals surface area contributed by atoms with E-state index in [9.17, 15) is 4.79 Å². The standard InChI is InChI=1S/C27H18ClN3O3S2/c28-20-9-7-18(8-10-20)25-19(15-31(29-25)21-4-2-1-3-5-21)13-24-26(32)30(27(35)36-24)14-17-6-11-22-23(12-17)34-16-33-22/h1-13,15H,14,16H2. The summed E-state index contributed by atoms with van der Waals surface area (Å²) in [6, 6.07) is 23.0. The Hall–Kier alpha value is -3.59. The van der Waals surface area contributed by atoms with Gasteiger partial charge >= 0.3 is 0 Å². The van der Waals surface area contributed by atoms with E-state index < -0.39 is 0 Å². The molecule has 0 unspecified atom stereocenters. The Balaban J connectivity index is 1.33. The first kappa shape index (κ1) is 22.8. The first-order valence-electron chi connectivity index (χ1n) is 11.1. The predicted octanol–water partition coefficient (Wildman–Crippen LogP) is 6.32. The van der Waals surface area contributed by atoms with E-state index in [4.69, 9.17) is 38.4 Å². The van der Waals surface area contributed by atoms with E-state index in [1.54, 1.807) is 4.90 Å². The van der Waals surface area contributed by atoms with Gasteiger partial charge in [0.2, 0.25) is 6.79 Å². The molecule has 6 rings (SSSR count). The molecule has 0 N–H and O–H groups in total. The van der Waals surface area contributed by atoms with Gasteiger partial charge in [0, 0.05) is 22.3 Å². The molecule has 3 heterocycles. The molecule has 1 aromatic heterocycles. The van der Waals surface area contributed by atoms with Crippen LogP contribution in [0.5, 0.6) is 11.5 Å². The van der Waals surface area contributed by atoms with Crippen molar-refractivity contribution in [3.05, 3.63) is 100 Å². The summed E-state index contributed by atoms with van der Waals surface area (Å²) in [7, 11) is 0. The fourth-order valence-electron chi connectivity index (χ4n) is 4.04. The van der Waals surface area contributed by atoms with Gasteiger partial charge in [0.15, 0.2) is 11.5 Å². The quantitative estimate of drug-likeness (QED) is 0.222. The van der Waals surface area contributed by atoms with Crippen LogP contribution in [-0.4, -0.2) is 31.7 Å². The SMILES string of the molecule is O=C1C(=Cc2cn(-c3ccccc3)nc2-c2ccc(Cl)cc2)SC(=S)N1Cc1ccc2c(c1)OCO2. The van der Waals surface area contributed by atoms with Crippen molar-refractivity contribution in [2.45, 2.75) is 6.54 Å². The maximum Gasteiger partial charge on any atom is 0.266 e. The van der Waals surface area contributed by atoms with Gasteiger partial charge in [-0.25, -0.2) is 4.68 Å². The largest absolute Gasteiger partial charge is 0.454 e. The van der Waals surface area contributed by atoms with Crippen molar-refractivity contribution in [1.82, 2.24) is 14.7 Å². The predicted molar refractivity (Wildman–Crippen MR) is 145 cm³/mol. The summed E-state index contributed by atoms with van der Waals surface area (Å²) < 4.78 is 13.2. The molecule has 0 spiro atoms. The van der Waals surface area contributed by atoms with Crippen LogP contribution in [0.3, 0.4) is 0 Å². The number of thiocarbonyl (C=S) groups is 1. The second kappa shape index (κ2) is 9.46. The van der Waals surface area contributed by atoms with E-state index in [1.807, 2.05) is 89.8 Å². The molecule has 3 aromatic carbocycles. The van der Waals surface area contributed by atoms with Crippen LogP contribution in [0.2, 0.25) is 5.02 Å². The Kier molecular flexibility index (Phi) is 6.00. The zero-order valence-electron chi connectivity index (χ0n) is 18.8. The molecule has 9 heteroatoms. The molecule has 0 atom stereocenters. The summed E-state index contributed by atoms with van der Waals surface area (Å²) >= 11 is 13.0. The van der Waals surface area contributed by atoms with Gasteiger partial charge in [-0.15, -0.1) is 0 Å². The summed E-state index contributed by atoms with van der Waals surface area (Å²) in [5.41, 5.74) is 4.29. The minimum atomic E-state index is -0.141. The highest BCUT2D eigenvalue weighted by Gasteiger charge is 2.33. The number of rotatable bonds is 5. The molecule has 36 heavy (non-hydrogen) atoms. The third kappa shape index (κ3) is 4.39. The van der Waals surface area contributed by atoms with Crippen LogP contribution in [-0.2, 0) is 11.3 Å². The lowest BCUT2D eigenvalue weighted by atomic mass is 10.1. The lowest BCUT2D eigenvalue weighted by Gasteiger charge is -2.14. The molecule has 1 saturated heterocycles. The first-order chi connectivity index (χ1) is 17.5. The topological polar surface area (TPSA) is 56.6 Å². The van der Waals surface area contributed by atoms with Crippen LogP contribution in [0.1, 0.15) is 11.1 Å². The van der Waals surface area contributed by atoms with Gasteiger partial charge in [0.05, 0.1) is 22.8 Å². The molecule has 178 valence electrons. The fraction of sp³-hybridized carbons (Fsp3) is 0.0741. The molecule has 0 saturated carbocycles. The van der Waals surface area contributed by atoms with Crippen LogP contribution in [0, 0.1) is 0 Å². The number of hydrogen-bond acceptors (Lipinski definition) is 6. The van der Waals surface area contributed by atoms with Crippen molar-refractivity contribution >= 4 is 51.9 Å². The maximum atomic E-state index is 13.4. The normalized spacial score (nSPS) is 15.8. The van der Waals surface area contributed by atoms with Crippen molar-refractivity contribution in [2.24, 2.45) is 0 Å². The zero-order chi connectivity index (χ0) is 24.6. The van der Waals surface area contributed by atoms with Crippen LogP contribution in [0.15, 0.2) is 83.9 Å². The van der Waals surface area contributed by atoms with E-state index in [2.05, 4.69) is 0 Å². The molecule has 0 bridgehead atoms. The molecule has 1 amide bonds. The van der Waals surface area contributed by atoms with Crippen molar-refractivity contribution in [2.75, 3.05) is 6.79 Å². The number of carbonyl (C=O) groups is 1. The monoisotopic (exact) mass is 531 g/mol. The minimum absolute atomic E-state index is 0.141. The number of thioether (sulfide) groups is 1. The highest BCUT2D eigenvalue weighted by Crippen LogP contribution is 2.37. The summed E-state index contributed by atoms with van der Waals surface area (Å²) in [5.74, 6) is 1.24. The van der Waals surface area contributed by atoms with Gasteiger partial charge in [0.25, 0.3) is 5.91 Å². The van der Waals surface area contributed by atoms with Crippen molar-refractivity contribution in [3.8, 4) is 28.4 Å². The number of nitrogens with zero attached hydrogens (tertiary/aromatic N) is 3. The Morgan fingerprint density at radius 3 is 2.61 bits per heavy atom. The number of carbonyl (C=O) groups excluding carboxylic acids is 1. The molecule has 2 aliphatic rings. The Bertz CT molecular complexity index is 1520. The number of halogens is 1. The smallest absolute Gasteiger partial charge is 0.266 e. The minimum Gasteiger partial charge on any atom is -0.454 e. The highest BCUT2D eigenvalue weighted by molar-refractivity contribution is 8.26. The third-order valence-corrected chi connectivity index (χ3v) is 7.45. The van der Waals surface area contributed by atoms with Gasteiger partial charge in [0.1, 0.15) is 4.32 Å². The summed E-state index contributed by atoms with van der Waals surface area (Å²) in [6.45, 7) is 0.557. The Morgan fingerprint density at radius 1 is 1.03 bits per heavy atom. The lowest BCUT2D eigenvalue weighted by Crippen LogP contribution is -2.27. The van der Waals surface area contributed by atoms with Crippen LogP contribution in [0.4, 0.5) is 0 Å². The highest BCUT2D eigenvalue weighted by atomic mass is 35.5. The van der Waals surface area contributed by atoms with Gasteiger partial charge in [-0.2, -0.15) is 5.10 Å². The van der Waals surface area contributed by atoms with Gasteiger partial charge < -0.3 is 9.47 Å². The molecule has 0 radical (unpaired) electrons. The van der Waals surface area contributed by atoms with Crippen molar-refractivity contribution in [1.29, 1.82) is 0 Å². The zero-order valence-corrected chi connectivity index (χ0v) is 21.1. The Labute approximate surface area is 222 Å². The average molecular weight is 532 g/mol. The number of amides is 1. The van der Waals surface area contributed by atoms with Gasteiger partial charge in [-0.3, -0.25) is 9.69 Å². The Morgan fingerprint density at radius 2 is 1.81 bits per heavy atom. The summed E-state index contributed by atoms with van der Waals surface area (Å²) in [4.78, 5) is 15.5. The summed E-state index contributed by atoms with van der Waals surface area (Å²) in [6.07, 6.45) is 3.78. The number of aromatic nitrogens is 2. The third-order valence-electron chi connectivity index (χ3n) is 5.82. The number of hydrogen-bond donors (Lipinski definition) is 0. The number of fused-ring (bicyclic) bond motifs is 1. The van der Waals surface area contributed by atoms with Crippen LogP contribution in [0.25, 0.3) is 23.0 Å². The van der Waals surface area contributed by atoms with Gasteiger partial charge in [-0.1, -0.05) is 72.0 Å². The molecule has 1 fully saturated rings.